The van der Waals surface area contributed by atoms with Gasteiger partial charge in [0, 0.05) is 38.2 Å². The van der Waals surface area contributed by atoms with Crippen molar-refractivity contribution in [2.24, 2.45) is 5.92 Å². The van der Waals surface area contributed by atoms with E-state index in [1.807, 2.05) is 36.8 Å². The first-order valence-electron chi connectivity index (χ1n) is 9.61. The van der Waals surface area contributed by atoms with E-state index in [0.717, 1.165) is 37.3 Å². The molecule has 0 radical (unpaired) electrons. The lowest BCUT2D eigenvalue weighted by atomic mass is 9.90. The van der Waals surface area contributed by atoms with Crippen LogP contribution in [-0.2, 0) is 13.0 Å². The Bertz CT molecular complexity index is 830. The summed E-state index contributed by atoms with van der Waals surface area (Å²) in [5.41, 5.74) is 2.63. The molecule has 0 spiro atoms. The molecular formula is C22H25N5. The Morgan fingerprint density at radius 2 is 1.67 bits per heavy atom. The Morgan fingerprint density at radius 3 is 2.44 bits per heavy atom. The maximum Gasteiger partial charge on any atom is 0.227 e. The van der Waals surface area contributed by atoms with Gasteiger partial charge in [0.2, 0.25) is 5.95 Å². The topological polar surface area (TPSA) is 53.9 Å². The number of piperidine rings is 1. The summed E-state index contributed by atoms with van der Waals surface area (Å²) in [5.74, 6) is 2.44. The number of rotatable bonds is 6. The van der Waals surface area contributed by atoms with Crippen LogP contribution in [0.15, 0.2) is 67.1 Å². The Labute approximate surface area is 160 Å². The summed E-state index contributed by atoms with van der Waals surface area (Å²) >= 11 is 0. The van der Waals surface area contributed by atoms with Crippen LogP contribution in [0.2, 0.25) is 0 Å². The van der Waals surface area contributed by atoms with Gasteiger partial charge in [0.1, 0.15) is 5.82 Å². The smallest absolute Gasteiger partial charge is 0.227 e. The molecule has 27 heavy (non-hydrogen) atoms. The predicted octanol–water partition coefficient (Wildman–Crippen LogP) is 3.94. The van der Waals surface area contributed by atoms with Crippen molar-refractivity contribution in [3.05, 3.63) is 78.2 Å². The van der Waals surface area contributed by atoms with Crippen LogP contribution >= 0.6 is 0 Å². The van der Waals surface area contributed by atoms with Gasteiger partial charge in [-0.2, -0.15) is 4.98 Å². The summed E-state index contributed by atoms with van der Waals surface area (Å²) in [5, 5.41) is 3.38. The van der Waals surface area contributed by atoms with Gasteiger partial charge in [0.15, 0.2) is 0 Å². The lowest BCUT2D eigenvalue weighted by Crippen LogP contribution is -2.35. The number of pyridine rings is 1. The van der Waals surface area contributed by atoms with E-state index in [1.54, 1.807) is 0 Å². The third kappa shape index (κ3) is 4.82. The van der Waals surface area contributed by atoms with E-state index in [-0.39, 0.29) is 0 Å². The fourth-order valence-electron chi connectivity index (χ4n) is 3.58. The second-order valence-corrected chi connectivity index (χ2v) is 7.07. The highest BCUT2D eigenvalue weighted by atomic mass is 15.3. The van der Waals surface area contributed by atoms with E-state index in [1.165, 1.54) is 30.4 Å². The lowest BCUT2D eigenvalue weighted by molar-refractivity contribution is 0.400. The van der Waals surface area contributed by atoms with Crippen LogP contribution in [-0.4, -0.2) is 28.0 Å². The summed E-state index contributed by atoms with van der Waals surface area (Å²) in [4.78, 5) is 15.6. The number of hydrogen-bond donors (Lipinski definition) is 1. The number of benzene rings is 1. The first-order valence-corrected chi connectivity index (χ1v) is 9.61. The van der Waals surface area contributed by atoms with Gasteiger partial charge in [0.25, 0.3) is 0 Å². The van der Waals surface area contributed by atoms with E-state index < -0.39 is 0 Å². The van der Waals surface area contributed by atoms with Gasteiger partial charge in [-0.25, -0.2) is 4.98 Å². The summed E-state index contributed by atoms with van der Waals surface area (Å²) in [7, 11) is 0. The third-order valence-corrected chi connectivity index (χ3v) is 5.13. The van der Waals surface area contributed by atoms with Crippen molar-refractivity contribution in [1.82, 2.24) is 15.0 Å². The van der Waals surface area contributed by atoms with Crippen LogP contribution < -0.4 is 10.2 Å². The molecule has 0 bridgehead atoms. The molecule has 5 nitrogen and oxygen atoms in total. The molecule has 2 aromatic heterocycles. The van der Waals surface area contributed by atoms with Gasteiger partial charge in [-0.1, -0.05) is 30.3 Å². The standard InChI is InChI=1S/C22H25N5/c1-2-4-18(5-3-1)16-19-9-14-27(15-10-19)22-24-13-8-21(26-22)25-17-20-6-11-23-12-7-20/h1-8,11-13,19H,9-10,14-17H2,(H,24,25,26). The quantitative estimate of drug-likeness (QED) is 0.722. The molecule has 1 aromatic carbocycles. The van der Waals surface area contributed by atoms with Crippen molar-refractivity contribution in [3.63, 3.8) is 0 Å². The molecule has 1 N–H and O–H groups in total. The van der Waals surface area contributed by atoms with Crippen LogP contribution in [0.4, 0.5) is 11.8 Å². The molecule has 3 aromatic rings. The maximum absolute atomic E-state index is 4.71. The van der Waals surface area contributed by atoms with E-state index in [0.29, 0.717) is 0 Å². The fourth-order valence-corrected chi connectivity index (χ4v) is 3.58. The minimum Gasteiger partial charge on any atom is -0.366 e. The molecule has 0 unspecified atom stereocenters. The molecule has 0 atom stereocenters. The van der Waals surface area contributed by atoms with Gasteiger partial charge in [-0.3, -0.25) is 4.98 Å². The zero-order valence-corrected chi connectivity index (χ0v) is 15.5. The Balaban J connectivity index is 1.32. The fraction of sp³-hybridized carbons (Fsp3) is 0.318. The molecule has 1 aliphatic heterocycles. The first-order chi connectivity index (χ1) is 13.4. The SMILES string of the molecule is c1ccc(CC2CCN(c3nccc(NCc4ccncc4)n3)CC2)cc1. The van der Waals surface area contributed by atoms with Crippen LogP contribution in [0.3, 0.4) is 0 Å². The Kier molecular flexibility index (Phi) is 5.58. The maximum atomic E-state index is 4.71. The Hall–Kier alpha value is -2.95. The Morgan fingerprint density at radius 1 is 0.889 bits per heavy atom. The summed E-state index contributed by atoms with van der Waals surface area (Å²) < 4.78 is 0. The number of aromatic nitrogens is 3. The number of anilines is 2. The van der Waals surface area contributed by atoms with Gasteiger partial charge < -0.3 is 10.2 Å². The lowest BCUT2D eigenvalue weighted by Gasteiger charge is -2.32. The monoisotopic (exact) mass is 359 g/mol. The molecule has 1 aliphatic rings. The van der Waals surface area contributed by atoms with Gasteiger partial charge in [0.05, 0.1) is 0 Å². The van der Waals surface area contributed by atoms with Crippen molar-refractivity contribution in [3.8, 4) is 0 Å². The number of nitrogens with one attached hydrogen (secondary N) is 1. The highest BCUT2D eigenvalue weighted by Crippen LogP contribution is 2.24. The molecule has 138 valence electrons. The number of hydrogen-bond acceptors (Lipinski definition) is 5. The van der Waals surface area contributed by atoms with Crippen molar-refractivity contribution in [2.45, 2.75) is 25.8 Å². The second-order valence-electron chi connectivity index (χ2n) is 7.07. The average Bonchev–Trinajstić information content (AvgIpc) is 2.75. The second kappa shape index (κ2) is 8.62. The summed E-state index contributed by atoms with van der Waals surface area (Å²) in [6.07, 6.45) is 9.00. The molecule has 1 saturated heterocycles. The average molecular weight is 359 g/mol. The van der Waals surface area contributed by atoms with Crippen LogP contribution in [0.5, 0.6) is 0 Å². The van der Waals surface area contributed by atoms with Crippen molar-refractivity contribution in [2.75, 3.05) is 23.3 Å². The summed E-state index contributed by atoms with van der Waals surface area (Å²) in [6, 6.07) is 16.7. The summed E-state index contributed by atoms with van der Waals surface area (Å²) in [6.45, 7) is 2.77. The molecule has 3 heterocycles. The normalized spacial score (nSPS) is 14.9. The van der Waals surface area contributed by atoms with Crippen LogP contribution in [0, 0.1) is 5.92 Å². The zero-order chi connectivity index (χ0) is 18.3. The van der Waals surface area contributed by atoms with Crippen LogP contribution in [0.1, 0.15) is 24.0 Å². The zero-order valence-electron chi connectivity index (χ0n) is 15.5. The van der Waals surface area contributed by atoms with Crippen molar-refractivity contribution >= 4 is 11.8 Å². The van der Waals surface area contributed by atoms with Crippen molar-refractivity contribution < 1.29 is 0 Å². The molecule has 0 amide bonds. The minimum absolute atomic E-state index is 0.734. The van der Waals surface area contributed by atoms with Gasteiger partial charge in [-0.05, 0) is 54.5 Å². The first kappa shape index (κ1) is 17.5. The van der Waals surface area contributed by atoms with E-state index in [2.05, 4.69) is 50.5 Å². The van der Waals surface area contributed by atoms with E-state index in [4.69, 9.17) is 4.98 Å². The molecule has 1 fully saturated rings. The molecular weight excluding hydrogens is 334 g/mol. The van der Waals surface area contributed by atoms with Gasteiger partial charge in [-0.15, -0.1) is 0 Å². The molecule has 0 aliphatic carbocycles. The van der Waals surface area contributed by atoms with Crippen LogP contribution in [0.25, 0.3) is 0 Å². The minimum atomic E-state index is 0.734. The number of nitrogens with zero attached hydrogens (tertiary/aromatic N) is 4. The molecule has 5 heteroatoms. The van der Waals surface area contributed by atoms with E-state index >= 15 is 0 Å². The largest absolute Gasteiger partial charge is 0.366 e. The molecule has 0 saturated carbocycles. The highest BCUT2D eigenvalue weighted by Gasteiger charge is 2.21. The van der Waals surface area contributed by atoms with Gasteiger partial charge >= 0.3 is 0 Å². The predicted molar refractivity (Wildman–Crippen MR) is 109 cm³/mol. The highest BCUT2D eigenvalue weighted by molar-refractivity contribution is 5.42. The van der Waals surface area contributed by atoms with Crippen molar-refractivity contribution in [1.29, 1.82) is 0 Å². The molecule has 4 rings (SSSR count). The third-order valence-electron chi connectivity index (χ3n) is 5.13. The van der Waals surface area contributed by atoms with E-state index in [9.17, 15) is 0 Å².